The Morgan fingerprint density at radius 3 is 2.41 bits per heavy atom. The Hall–Kier alpha value is -0.230. The monoisotopic (exact) mass is 286 g/mol. The molecule has 0 amide bonds. The molecule has 0 N–H and O–H groups in total. The SMILES string of the molecule is CCN(Cc1ccccc1)SSC(=S)N(C)C. The van der Waals surface area contributed by atoms with Crippen molar-refractivity contribution in [2.75, 3.05) is 20.6 Å². The van der Waals surface area contributed by atoms with E-state index in [1.54, 1.807) is 21.8 Å². The third kappa shape index (κ3) is 5.77. The fraction of sp³-hybridized carbons (Fsp3) is 0.417. The summed E-state index contributed by atoms with van der Waals surface area (Å²) in [5, 5.41) is 0. The first-order valence-corrected chi connectivity index (χ1v) is 7.99. The normalized spacial score (nSPS) is 10.6. The molecule has 17 heavy (non-hydrogen) atoms. The number of hydrogen-bond donors (Lipinski definition) is 0. The minimum absolute atomic E-state index is 0.904. The Balaban J connectivity index is 2.42. The lowest BCUT2D eigenvalue weighted by molar-refractivity contribution is 0.498. The van der Waals surface area contributed by atoms with Crippen molar-refractivity contribution in [3.05, 3.63) is 35.9 Å². The van der Waals surface area contributed by atoms with Crippen molar-refractivity contribution in [3.8, 4) is 0 Å². The Bertz CT molecular complexity index is 341. The molecule has 0 fully saturated rings. The van der Waals surface area contributed by atoms with Crippen LogP contribution in [0.5, 0.6) is 0 Å². The van der Waals surface area contributed by atoms with Crippen LogP contribution in [-0.4, -0.2) is 34.2 Å². The van der Waals surface area contributed by atoms with Crippen LogP contribution in [0.2, 0.25) is 0 Å². The number of hydrogen-bond acceptors (Lipinski definition) is 4. The molecule has 0 saturated carbocycles. The van der Waals surface area contributed by atoms with Crippen LogP contribution < -0.4 is 0 Å². The molecule has 0 aromatic heterocycles. The molecule has 0 heterocycles. The van der Waals surface area contributed by atoms with Crippen molar-refractivity contribution in [1.29, 1.82) is 0 Å². The summed E-state index contributed by atoms with van der Waals surface area (Å²) in [5.41, 5.74) is 1.33. The molecule has 0 saturated heterocycles. The van der Waals surface area contributed by atoms with Gasteiger partial charge in [-0.15, -0.1) is 0 Å². The lowest BCUT2D eigenvalue weighted by Crippen LogP contribution is -2.18. The predicted octanol–water partition coefficient (Wildman–Crippen LogP) is 3.65. The molecule has 1 aromatic carbocycles. The molecule has 0 radical (unpaired) electrons. The summed E-state index contributed by atoms with van der Waals surface area (Å²) in [6.45, 7) is 4.11. The van der Waals surface area contributed by atoms with E-state index in [9.17, 15) is 0 Å². The molecular weight excluding hydrogens is 268 g/mol. The molecule has 0 aliphatic carbocycles. The summed E-state index contributed by atoms with van der Waals surface area (Å²) >= 11 is 5.25. The fourth-order valence-corrected chi connectivity index (χ4v) is 3.47. The summed E-state index contributed by atoms with van der Waals surface area (Å²) in [4.78, 5) is 1.96. The van der Waals surface area contributed by atoms with Gasteiger partial charge in [0.2, 0.25) is 0 Å². The molecule has 0 unspecified atom stereocenters. The van der Waals surface area contributed by atoms with Crippen LogP contribution in [0.15, 0.2) is 30.3 Å². The summed E-state index contributed by atoms with van der Waals surface area (Å²) in [6.07, 6.45) is 0. The summed E-state index contributed by atoms with van der Waals surface area (Å²) < 4.78 is 3.21. The maximum absolute atomic E-state index is 5.25. The van der Waals surface area contributed by atoms with Crippen molar-refractivity contribution < 1.29 is 0 Å². The molecule has 1 rings (SSSR count). The minimum atomic E-state index is 0.904. The Morgan fingerprint density at radius 1 is 1.24 bits per heavy atom. The minimum Gasteiger partial charge on any atom is -0.363 e. The maximum atomic E-state index is 5.25. The topological polar surface area (TPSA) is 6.48 Å². The highest BCUT2D eigenvalue weighted by Crippen LogP contribution is 2.29. The summed E-state index contributed by atoms with van der Waals surface area (Å²) in [5.74, 6) is 0. The van der Waals surface area contributed by atoms with Gasteiger partial charge < -0.3 is 4.90 Å². The molecule has 0 spiro atoms. The van der Waals surface area contributed by atoms with E-state index in [2.05, 4.69) is 35.5 Å². The zero-order chi connectivity index (χ0) is 12.7. The molecule has 1 aromatic rings. The molecule has 2 nitrogen and oxygen atoms in total. The maximum Gasteiger partial charge on any atom is 0.147 e. The highest BCUT2D eigenvalue weighted by atomic mass is 33.1. The van der Waals surface area contributed by atoms with E-state index in [0.29, 0.717) is 0 Å². The van der Waals surface area contributed by atoms with Gasteiger partial charge in [-0.1, -0.05) is 49.5 Å². The van der Waals surface area contributed by atoms with Gasteiger partial charge in [0.25, 0.3) is 0 Å². The summed E-state index contributed by atoms with van der Waals surface area (Å²) in [6, 6.07) is 10.5. The van der Waals surface area contributed by atoms with Gasteiger partial charge in [0.15, 0.2) is 0 Å². The van der Waals surface area contributed by atoms with Crippen molar-refractivity contribution >= 4 is 38.3 Å². The van der Waals surface area contributed by atoms with Crippen molar-refractivity contribution in [1.82, 2.24) is 9.21 Å². The van der Waals surface area contributed by atoms with Crippen LogP contribution in [-0.2, 0) is 6.54 Å². The van der Waals surface area contributed by atoms with E-state index in [1.165, 1.54) is 5.56 Å². The quantitative estimate of drug-likeness (QED) is 0.462. The summed E-state index contributed by atoms with van der Waals surface area (Å²) in [7, 11) is 7.31. The third-order valence-corrected chi connectivity index (χ3v) is 5.58. The van der Waals surface area contributed by atoms with Gasteiger partial charge in [0.1, 0.15) is 4.32 Å². The molecular formula is C12H18N2S3. The lowest BCUT2D eigenvalue weighted by atomic mass is 10.2. The first kappa shape index (κ1) is 14.8. The van der Waals surface area contributed by atoms with Crippen molar-refractivity contribution in [3.63, 3.8) is 0 Å². The van der Waals surface area contributed by atoms with Crippen LogP contribution in [0.25, 0.3) is 0 Å². The van der Waals surface area contributed by atoms with E-state index >= 15 is 0 Å². The van der Waals surface area contributed by atoms with Crippen LogP contribution in [0.1, 0.15) is 12.5 Å². The standard InChI is InChI=1S/C12H18N2S3/c1-4-14(17-16-12(15)13(2)3)10-11-8-6-5-7-9-11/h5-9H,4,10H2,1-3H3. The van der Waals surface area contributed by atoms with E-state index < -0.39 is 0 Å². The van der Waals surface area contributed by atoms with Gasteiger partial charge in [-0.2, -0.15) is 0 Å². The van der Waals surface area contributed by atoms with Crippen LogP contribution in [0.4, 0.5) is 0 Å². The highest BCUT2D eigenvalue weighted by Gasteiger charge is 2.08. The predicted molar refractivity (Wildman–Crippen MR) is 84.0 cm³/mol. The second kappa shape index (κ2) is 7.97. The Morgan fingerprint density at radius 2 is 1.88 bits per heavy atom. The number of rotatable bonds is 5. The first-order valence-electron chi connectivity index (χ1n) is 5.48. The number of nitrogens with zero attached hydrogens (tertiary/aromatic N) is 2. The molecule has 0 aliphatic rings. The zero-order valence-corrected chi connectivity index (χ0v) is 12.9. The smallest absolute Gasteiger partial charge is 0.147 e. The van der Waals surface area contributed by atoms with E-state index in [-0.39, 0.29) is 0 Å². The molecule has 0 atom stereocenters. The van der Waals surface area contributed by atoms with E-state index in [1.807, 2.05) is 25.1 Å². The third-order valence-electron chi connectivity index (χ3n) is 2.13. The molecule has 5 heteroatoms. The number of benzene rings is 1. The van der Waals surface area contributed by atoms with Gasteiger partial charge >= 0.3 is 0 Å². The molecule has 94 valence electrons. The lowest BCUT2D eigenvalue weighted by Gasteiger charge is -2.20. The fourth-order valence-electron chi connectivity index (χ4n) is 1.14. The van der Waals surface area contributed by atoms with Gasteiger partial charge in [0.05, 0.1) is 0 Å². The van der Waals surface area contributed by atoms with Crippen LogP contribution in [0.3, 0.4) is 0 Å². The van der Waals surface area contributed by atoms with Gasteiger partial charge in [-0.25, -0.2) is 4.31 Å². The average Bonchev–Trinajstić information content (AvgIpc) is 2.35. The largest absolute Gasteiger partial charge is 0.363 e. The van der Waals surface area contributed by atoms with E-state index in [0.717, 1.165) is 17.4 Å². The average molecular weight is 286 g/mol. The highest BCUT2D eigenvalue weighted by molar-refractivity contribution is 8.82. The molecule has 0 bridgehead atoms. The van der Waals surface area contributed by atoms with Crippen molar-refractivity contribution in [2.24, 2.45) is 0 Å². The van der Waals surface area contributed by atoms with Gasteiger partial charge in [-0.3, -0.25) is 0 Å². The zero-order valence-electron chi connectivity index (χ0n) is 10.4. The second-order valence-corrected chi connectivity index (χ2v) is 6.57. The first-order chi connectivity index (χ1) is 8.13. The molecule has 0 aliphatic heterocycles. The van der Waals surface area contributed by atoms with Crippen LogP contribution >= 0.6 is 34.0 Å². The Labute approximate surface area is 117 Å². The number of thiocarbonyl (C=S) groups is 1. The van der Waals surface area contributed by atoms with Gasteiger partial charge in [0, 0.05) is 27.2 Å². The van der Waals surface area contributed by atoms with E-state index in [4.69, 9.17) is 12.2 Å². The Kier molecular flexibility index (Phi) is 6.96. The second-order valence-electron chi connectivity index (χ2n) is 3.76. The van der Waals surface area contributed by atoms with Crippen LogP contribution in [0, 0.1) is 0 Å². The van der Waals surface area contributed by atoms with Gasteiger partial charge in [-0.05, 0) is 27.3 Å². The van der Waals surface area contributed by atoms with Crippen molar-refractivity contribution in [2.45, 2.75) is 13.5 Å².